The number of unbranched alkanes of at least 4 members (excludes halogenated alkanes) is 1. The van der Waals surface area contributed by atoms with E-state index in [9.17, 15) is 0 Å². The average Bonchev–Trinajstić information content (AvgIpc) is 2.88. The second kappa shape index (κ2) is 5.70. The molecule has 0 saturated carbocycles. The van der Waals surface area contributed by atoms with Gasteiger partial charge in [0.1, 0.15) is 0 Å². The van der Waals surface area contributed by atoms with Crippen LogP contribution in [0.3, 0.4) is 0 Å². The lowest BCUT2D eigenvalue weighted by Gasteiger charge is -2.14. The molecule has 1 atom stereocenters. The van der Waals surface area contributed by atoms with Crippen molar-refractivity contribution < 1.29 is 0 Å². The first-order valence-corrected chi connectivity index (χ1v) is 7.72. The lowest BCUT2D eigenvalue weighted by atomic mass is 9.97. The van der Waals surface area contributed by atoms with Crippen molar-refractivity contribution in [2.75, 3.05) is 5.32 Å². The molecule has 0 saturated heterocycles. The van der Waals surface area contributed by atoms with Crippen molar-refractivity contribution in [1.82, 2.24) is 0 Å². The molecule has 0 fully saturated rings. The molecule has 2 aromatic rings. The number of anilines is 1. The Hall–Kier alpha value is -1.76. The summed E-state index contributed by atoms with van der Waals surface area (Å²) in [7, 11) is 0. The van der Waals surface area contributed by atoms with E-state index in [2.05, 4.69) is 61.6 Å². The lowest BCUT2D eigenvalue weighted by molar-refractivity contribution is 0.791. The van der Waals surface area contributed by atoms with Gasteiger partial charge in [-0.3, -0.25) is 0 Å². The zero-order chi connectivity index (χ0) is 13.9. The molecule has 0 bridgehead atoms. The van der Waals surface area contributed by atoms with Gasteiger partial charge >= 0.3 is 0 Å². The van der Waals surface area contributed by atoms with E-state index < -0.39 is 0 Å². The molecule has 3 rings (SSSR count). The summed E-state index contributed by atoms with van der Waals surface area (Å²) in [4.78, 5) is 0. The van der Waals surface area contributed by atoms with Crippen LogP contribution >= 0.6 is 0 Å². The van der Waals surface area contributed by atoms with E-state index in [4.69, 9.17) is 0 Å². The third-order valence-electron chi connectivity index (χ3n) is 4.31. The molecule has 1 aliphatic rings. The maximum Gasteiger partial charge on any atom is 0.0557 e. The Labute approximate surface area is 122 Å². The molecular weight excluding hydrogens is 242 g/mol. The van der Waals surface area contributed by atoms with Crippen LogP contribution in [-0.4, -0.2) is 0 Å². The predicted molar refractivity (Wildman–Crippen MR) is 86.3 cm³/mol. The molecule has 20 heavy (non-hydrogen) atoms. The molecule has 0 amide bonds. The number of hydrogen-bond donors (Lipinski definition) is 1. The summed E-state index contributed by atoms with van der Waals surface area (Å²) in [6.07, 6.45) is 4.87. The van der Waals surface area contributed by atoms with Crippen LogP contribution in [0.1, 0.15) is 48.1 Å². The van der Waals surface area contributed by atoms with Gasteiger partial charge in [0, 0.05) is 5.69 Å². The van der Waals surface area contributed by atoms with Gasteiger partial charge in [-0.25, -0.2) is 0 Å². The fraction of sp³-hybridized carbons (Fsp3) is 0.368. The fourth-order valence-corrected chi connectivity index (χ4v) is 3.12. The van der Waals surface area contributed by atoms with Gasteiger partial charge in [0.15, 0.2) is 0 Å². The molecule has 0 aliphatic carbocycles. The number of hydrogen-bond acceptors (Lipinski definition) is 1. The highest BCUT2D eigenvalue weighted by molar-refractivity contribution is 5.59. The Kier molecular flexibility index (Phi) is 3.77. The first kappa shape index (κ1) is 13.2. The zero-order valence-electron chi connectivity index (χ0n) is 12.4. The van der Waals surface area contributed by atoms with Crippen LogP contribution in [0.2, 0.25) is 0 Å². The highest BCUT2D eigenvalue weighted by Gasteiger charge is 2.22. The topological polar surface area (TPSA) is 12.0 Å². The van der Waals surface area contributed by atoms with Crippen molar-refractivity contribution in [2.24, 2.45) is 0 Å². The summed E-state index contributed by atoms with van der Waals surface area (Å²) in [6.45, 7) is 4.45. The van der Waals surface area contributed by atoms with Crippen LogP contribution < -0.4 is 5.32 Å². The molecule has 1 unspecified atom stereocenters. The molecule has 2 aromatic carbocycles. The predicted octanol–water partition coefficient (Wildman–Crippen LogP) is 5.05. The Morgan fingerprint density at radius 2 is 2.00 bits per heavy atom. The molecule has 1 aliphatic heterocycles. The van der Waals surface area contributed by atoms with Crippen molar-refractivity contribution in [2.45, 2.75) is 45.6 Å². The molecular formula is C19H23N. The van der Waals surface area contributed by atoms with Crippen LogP contribution in [0, 0.1) is 6.92 Å². The van der Waals surface area contributed by atoms with Crippen LogP contribution in [-0.2, 0) is 12.8 Å². The maximum absolute atomic E-state index is 3.67. The molecule has 1 heteroatoms. The van der Waals surface area contributed by atoms with Gasteiger partial charge in [0.05, 0.1) is 6.04 Å². The van der Waals surface area contributed by atoms with E-state index in [1.165, 1.54) is 47.2 Å². The highest BCUT2D eigenvalue weighted by atomic mass is 14.9. The van der Waals surface area contributed by atoms with E-state index in [1.54, 1.807) is 0 Å². The SMILES string of the molecule is CCCCc1ccc2c(c1)CC(c1ccccc1C)N2. The third kappa shape index (κ3) is 2.58. The van der Waals surface area contributed by atoms with Crippen molar-refractivity contribution >= 4 is 5.69 Å². The lowest BCUT2D eigenvalue weighted by Crippen LogP contribution is -2.07. The van der Waals surface area contributed by atoms with Gasteiger partial charge in [-0.1, -0.05) is 49.7 Å². The van der Waals surface area contributed by atoms with E-state index in [0.717, 1.165) is 6.42 Å². The zero-order valence-corrected chi connectivity index (χ0v) is 12.4. The van der Waals surface area contributed by atoms with E-state index in [-0.39, 0.29) is 0 Å². The quantitative estimate of drug-likeness (QED) is 0.816. The molecule has 0 radical (unpaired) electrons. The molecule has 0 aromatic heterocycles. The average molecular weight is 265 g/mol. The van der Waals surface area contributed by atoms with Crippen LogP contribution in [0.5, 0.6) is 0 Å². The number of rotatable bonds is 4. The van der Waals surface area contributed by atoms with E-state index in [0.29, 0.717) is 6.04 Å². The molecule has 1 heterocycles. The van der Waals surface area contributed by atoms with Gasteiger partial charge < -0.3 is 5.32 Å². The number of aryl methyl sites for hydroxylation is 2. The van der Waals surface area contributed by atoms with E-state index >= 15 is 0 Å². The van der Waals surface area contributed by atoms with Crippen LogP contribution in [0.25, 0.3) is 0 Å². The largest absolute Gasteiger partial charge is 0.378 e. The summed E-state index contributed by atoms with van der Waals surface area (Å²) in [6, 6.07) is 16.1. The van der Waals surface area contributed by atoms with Crippen molar-refractivity contribution in [3.8, 4) is 0 Å². The fourth-order valence-electron chi connectivity index (χ4n) is 3.12. The first-order chi connectivity index (χ1) is 9.78. The normalized spacial score (nSPS) is 16.8. The van der Waals surface area contributed by atoms with Gasteiger partial charge in [-0.15, -0.1) is 0 Å². The Morgan fingerprint density at radius 3 is 2.80 bits per heavy atom. The third-order valence-corrected chi connectivity index (χ3v) is 4.31. The summed E-state index contributed by atoms with van der Waals surface area (Å²) < 4.78 is 0. The van der Waals surface area contributed by atoms with Crippen LogP contribution in [0.15, 0.2) is 42.5 Å². The Morgan fingerprint density at radius 1 is 1.15 bits per heavy atom. The molecule has 1 nitrogen and oxygen atoms in total. The smallest absolute Gasteiger partial charge is 0.0557 e. The highest BCUT2D eigenvalue weighted by Crippen LogP contribution is 2.35. The molecule has 0 spiro atoms. The molecule has 1 N–H and O–H groups in total. The summed E-state index contributed by atoms with van der Waals surface area (Å²) in [5.74, 6) is 0. The minimum Gasteiger partial charge on any atom is -0.378 e. The minimum absolute atomic E-state index is 0.438. The van der Waals surface area contributed by atoms with Crippen molar-refractivity contribution in [3.05, 3.63) is 64.7 Å². The summed E-state index contributed by atoms with van der Waals surface area (Å²) in [5, 5.41) is 3.67. The van der Waals surface area contributed by atoms with Gasteiger partial charge in [0.25, 0.3) is 0 Å². The number of benzene rings is 2. The standard InChI is InChI=1S/C19H23N/c1-3-4-8-15-10-11-18-16(12-15)13-19(20-18)17-9-6-5-7-14(17)2/h5-7,9-12,19-20H,3-4,8,13H2,1-2H3. The second-order valence-corrected chi connectivity index (χ2v) is 5.85. The number of fused-ring (bicyclic) bond motifs is 1. The summed E-state index contributed by atoms with van der Waals surface area (Å²) in [5.41, 5.74) is 7.09. The first-order valence-electron chi connectivity index (χ1n) is 7.72. The number of nitrogens with one attached hydrogen (secondary N) is 1. The van der Waals surface area contributed by atoms with Gasteiger partial charge in [-0.2, -0.15) is 0 Å². The monoisotopic (exact) mass is 265 g/mol. The van der Waals surface area contributed by atoms with Gasteiger partial charge in [0.2, 0.25) is 0 Å². The molecule has 104 valence electrons. The van der Waals surface area contributed by atoms with Crippen molar-refractivity contribution in [1.29, 1.82) is 0 Å². The summed E-state index contributed by atoms with van der Waals surface area (Å²) >= 11 is 0. The van der Waals surface area contributed by atoms with Crippen LogP contribution in [0.4, 0.5) is 5.69 Å². The minimum atomic E-state index is 0.438. The Balaban J connectivity index is 1.80. The Bertz CT molecular complexity index is 600. The second-order valence-electron chi connectivity index (χ2n) is 5.85. The maximum atomic E-state index is 3.67. The van der Waals surface area contributed by atoms with Crippen molar-refractivity contribution in [3.63, 3.8) is 0 Å². The van der Waals surface area contributed by atoms with E-state index in [1.807, 2.05) is 0 Å². The van der Waals surface area contributed by atoms with Gasteiger partial charge in [-0.05, 0) is 54.5 Å².